The molecule has 0 atom stereocenters. The first-order valence-electron chi connectivity index (χ1n) is 5.69. The van der Waals surface area contributed by atoms with Crippen molar-refractivity contribution >= 4 is 11.5 Å². The maximum absolute atomic E-state index is 13.1. The van der Waals surface area contributed by atoms with E-state index in [1.165, 1.54) is 12.1 Å². The summed E-state index contributed by atoms with van der Waals surface area (Å²) in [6.07, 6.45) is 1.83. The molecule has 0 saturated carbocycles. The minimum absolute atomic E-state index is 0.00858. The van der Waals surface area contributed by atoms with Crippen LogP contribution in [-0.4, -0.2) is 23.9 Å². The Balaban J connectivity index is 2.10. The largest absolute Gasteiger partial charge is 0.367 e. The fourth-order valence-electron chi connectivity index (χ4n) is 1.85. The molecule has 0 radical (unpaired) electrons. The number of Topliss-reactive ketones (excluding diaryl/α,β-unsaturated/α-hetero) is 1. The highest BCUT2D eigenvalue weighted by Gasteiger charge is 2.12. The lowest BCUT2D eigenvalue weighted by atomic mass is 10.2. The van der Waals surface area contributed by atoms with Crippen molar-refractivity contribution in [1.29, 1.82) is 0 Å². The summed E-state index contributed by atoms with van der Waals surface area (Å²) >= 11 is 0. The Hall–Kier alpha value is -2.10. The van der Waals surface area contributed by atoms with Crippen molar-refractivity contribution in [2.45, 2.75) is 0 Å². The van der Waals surface area contributed by atoms with Crippen molar-refractivity contribution in [3.63, 3.8) is 0 Å². The van der Waals surface area contributed by atoms with Crippen LogP contribution >= 0.6 is 0 Å². The second-order valence-corrected chi connectivity index (χ2v) is 4.26. The molecule has 1 aromatic carbocycles. The normalized spacial score (nSPS) is 10.4. The van der Waals surface area contributed by atoms with Gasteiger partial charge in [-0.3, -0.25) is 4.79 Å². The third kappa shape index (κ3) is 2.59. The lowest BCUT2D eigenvalue weighted by Gasteiger charge is -2.18. The van der Waals surface area contributed by atoms with Crippen molar-refractivity contribution in [1.82, 2.24) is 4.57 Å². The van der Waals surface area contributed by atoms with E-state index in [9.17, 15) is 9.18 Å². The number of hydrogen-bond donors (Lipinski definition) is 0. The van der Waals surface area contributed by atoms with E-state index in [2.05, 4.69) is 0 Å². The molecule has 0 spiro atoms. The van der Waals surface area contributed by atoms with E-state index < -0.39 is 0 Å². The highest BCUT2D eigenvalue weighted by molar-refractivity contribution is 5.97. The third-order valence-electron chi connectivity index (χ3n) is 2.86. The second kappa shape index (κ2) is 5.04. The smallest absolute Gasteiger partial charge is 0.198 e. The molecule has 0 fully saturated rings. The number of rotatable bonds is 4. The third-order valence-corrected chi connectivity index (χ3v) is 2.86. The molecule has 0 unspecified atom stereocenters. The Bertz CT molecular complexity index is 562. The van der Waals surface area contributed by atoms with Gasteiger partial charge in [0.1, 0.15) is 5.82 Å². The monoisotopic (exact) mass is 246 g/mol. The molecule has 0 amide bonds. The molecule has 0 aliphatic heterocycles. The van der Waals surface area contributed by atoms with E-state index in [0.29, 0.717) is 11.4 Å². The van der Waals surface area contributed by atoms with Gasteiger partial charge in [-0.2, -0.15) is 0 Å². The minimum Gasteiger partial charge on any atom is -0.367 e. The van der Waals surface area contributed by atoms with E-state index in [4.69, 9.17) is 0 Å². The molecule has 4 heteroatoms. The predicted molar refractivity (Wildman–Crippen MR) is 69.4 cm³/mol. The molecular weight excluding hydrogens is 231 g/mol. The van der Waals surface area contributed by atoms with E-state index >= 15 is 0 Å². The average Bonchev–Trinajstić information content (AvgIpc) is 2.75. The van der Waals surface area contributed by atoms with Crippen molar-refractivity contribution in [2.75, 3.05) is 18.5 Å². The fraction of sp³-hybridized carbons (Fsp3) is 0.214. The number of aryl methyl sites for hydroxylation is 1. The van der Waals surface area contributed by atoms with Crippen LogP contribution in [0.15, 0.2) is 42.6 Å². The van der Waals surface area contributed by atoms with Crippen LogP contribution in [0.3, 0.4) is 0 Å². The summed E-state index contributed by atoms with van der Waals surface area (Å²) in [5.74, 6) is -0.292. The molecule has 0 aliphatic carbocycles. The van der Waals surface area contributed by atoms with Gasteiger partial charge in [0, 0.05) is 26.0 Å². The van der Waals surface area contributed by atoms with Crippen LogP contribution in [0, 0.1) is 5.82 Å². The van der Waals surface area contributed by atoms with Gasteiger partial charge >= 0.3 is 0 Å². The summed E-state index contributed by atoms with van der Waals surface area (Å²) in [5, 5.41) is 0. The van der Waals surface area contributed by atoms with Crippen LogP contribution in [0.5, 0.6) is 0 Å². The van der Waals surface area contributed by atoms with Crippen molar-refractivity contribution in [3.05, 3.63) is 54.1 Å². The first-order valence-corrected chi connectivity index (χ1v) is 5.69. The number of likely N-dealkylation sites (N-methyl/N-ethyl adjacent to an activating group) is 1. The van der Waals surface area contributed by atoms with Crippen LogP contribution in [0.4, 0.5) is 10.1 Å². The summed E-state index contributed by atoms with van der Waals surface area (Å²) in [7, 11) is 3.60. The zero-order chi connectivity index (χ0) is 13.1. The number of nitrogens with zero attached hydrogens (tertiary/aromatic N) is 2. The number of halogens is 1. The van der Waals surface area contributed by atoms with Crippen molar-refractivity contribution in [3.8, 4) is 0 Å². The second-order valence-electron chi connectivity index (χ2n) is 4.26. The van der Waals surface area contributed by atoms with Gasteiger partial charge < -0.3 is 9.47 Å². The number of anilines is 1. The molecule has 0 aliphatic rings. The Kier molecular flexibility index (Phi) is 3.46. The summed E-state index contributed by atoms with van der Waals surface area (Å²) in [5.41, 5.74) is 1.34. The van der Waals surface area contributed by atoms with Crippen LogP contribution in [0.25, 0.3) is 0 Å². The Morgan fingerprint density at radius 2 is 2.11 bits per heavy atom. The number of carbonyl (C=O) groups excluding carboxylic acids is 1. The van der Waals surface area contributed by atoms with Gasteiger partial charge in [-0.25, -0.2) is 4.39 Å². The van der Waals surface area contributed by atoms with E-state index in [1.807, 2.05) is 19.3 Å². The van der Waals surface area contributed by atoms with Gasteiger partial charge in [0.25, 0.3) is 0 Å². The molecule has 3 nitrogen and oxygen atoms in total. The van der Waals surface area contributed by atoms with Gasteiger partial charge in [0.2, 0.25) is 0 Å². The van der Waals surface area contributed by atoms with Gasteiger partial charge in [0.15, 0.2) is 5.78 Å². The lowest BCUT2D eigenvalue weighted by Crippen LogP contribution is -2.26. The molecule has 1 heterocycles. The molecule has 0 N–H and O–H groups in total. The lowest BCUT2D eigenvalue weighted by molar-refractivity contribution is 0.0992. The van der Waals surface area contributed by atoms with Gasteiger partial charge in [0.05, 0.1) is 12.2 Å². The van der Waals surface area contributed by atoms with Gasteiger partial charge in [-0.15, -0.1) is 0 Å². The Morgan fingerprint density at radius 3 is 2.72 bits per heavy atom. The molecule has 0 bridgehead atoms. The van der Waals surface area contributed by atoms with Crippen molar-refractivity contribution in [2.24, 2.45) is 7.05 Å². The molecule has 2 rings (SSSR count). The maximum Gasteiger partial charge on any atom is 0.198 e. The number of benzene rings is 1. The zero-order valence-corrected chi connectivity index (χ0v) is 10.4. The molecule has 0 saturated heterocycles. The maximum atomic E-state index is 13.1. The fourth-order valence-corrected chi connectivity index (χ4v) is 1.85. The Morgan fingerprint density at radius 1 is 1.33 bits per heavy atom. The standard InChI is InChI=1S/C14H15FN2O/c1-16-8-4-7-13(16)14(18)10-17(2)12-6-3-5-11(15)9-12/h3-9H,10H2,1-2H3. The van der Waals surface area contributed by atoms with Crippen LogP contribution in [-0.2, 0) is 7.05 Å². The summed E-state index contributed by atoms with van der Waals surface area (Å²) in [6, 6.07) is 9.82. The summed E-state index contributed by atoms with van der Waals surface area (Å²) in [6.45, 7) is 0.224. The van der Waals surface area contributed by atoms with E-state index in [1.54, 1.807) is 34.7 Å². The van der Waals surface area contributed by atoms with Gasteiger partial charge in [-0.05, 0) is 30.3 Å². The number of hydrogen-bond acceptors (Lipinski definition) is 2. The number of carbonyl (C=O) groups is 1. The number of ketones is 1. The SMILES string of the molecule is CN(CC(=O)c1cccn1C)c1cccc(F)c1. The molecule has 2 aromatic rings. The first-order chi connectivity index (χ1) is 8.58. The average molecular weight is 246 g/mol. The Labute approximate surface area is 105 Å². The van der Waals surface area contributed by atoms with E-state index in [-0.39, 0.29) is 18.1 Å². The highest BCUT2D eigenvalue weighted by atomic mass is 19.1. The minimum atomic E-state index is -0.300. The zero-order valence-electron chi connectivity index (χ0n) is 10.4. The number of aromatic nitrogens is 1. The molecule has 1 aromatic heterocycles. The van der Waals surface area contributed by atoms with Crippen LogP contribution in [0.2, 0.25) is 0 Å². The van der Waals surface area contributed by atoms with Crippen LogP contribution < -0.4 is 4.90 Å². The molecule has 94 valence electrons. The molecule has 18 heavy (non-hydrogen) atoms. The summed E-state index contributed by atoms with van der Waals surface area (Å²) in [4.78, 5) is 13.8. The van der Waals surface area contributed by atoms with Gasteiger partial charge in [-0.1, -0.05) is 6.07 Å². The predicted octanol–water partition coefficient (Wildman–Crippen LogP) is 2.48. The molecular formula is C14H15FN2O. The summed E-state index contributed by atoms with van der Waals surface area (Å²) < 4.78 is 14.9. The first kappa shape index (κ1) is 12.4. The van der Waals surface area contributed by atoms with E-state index in [0.717, 1.165) is 0 Å². The highest BCUT2D eigenvalue weighted by Crippen LogP contribution is 2.14. The van der Waals surface area contributed by atoms with Crippen molar-refractivity contribution < 1.29 is 9.18 Å². The van der Waals surface area contributed by atoms with Crippen LogP contribution in [0.1, 0.15) is 10.5 Å². The topological polar surface area (TPSA) is 25.2 Å². The quantitative estimate of drug-likeness (QED) is 0.774.